The van der Waals surface area contributed by atoms with E-state index in [4.69, 9.17) is 0 Å². The second-order valence-corrected chi connectivity index (χ2v) is 5.25. The standard InChI is InChI=1S/C13H16INO/c14-8-12(11-4-2-1-3-5-11)6-10-7-13(16)15-9-10/h1-5,10,12H,6-9H2,(H,15,16)/t10-,12?/m0/s1. The zero-order valence-corrected chi connectivity index (χ0v) is 11.3. The molecule has 1 fully saturated rings. The molecule has 0 radical (unpaired) electrons. The van der Waals surface area contributed by atoms with Crippen LogP contribution in [0.5, 0.6) is 0 Å². The summed E-state index contributed by atoms with van der Waals surface area (Å²) >= 11 is 2.44. The van der Waals surface area contributed by atoms with Crippen molar-refractivity contribution in [3.05, 3.63) is 35.9 Å². The summed E-state index contributed by atoms with van der Waals surface area (Å²) < 4.78 is 1.12. The third kappa shape index (κ3) is 2.97. The lowest BCUT2D eigenvalue weighted by Gasteiger charge is -2.17. The molecule has 1 heterocycles. The highest BCUT2D eigenvalue weighted by Gasteiger charge is 2.24. The second-order valence-electron chi connectivity index (χ2n) is 4.37. The number of benzene rings is 1. The Morgan fingerprint density at radius 2 is 2.12 bits per heavy atom. The van der Waals surface area contributed by atoms with Crippen LogP contribution >= 0.6 is 22.6 Å². The van der Waals surface area contributed by atoms with Gasteiger partial charge in [-0.1, -0.05) is 52.9 Å². The fraction of sp³-hybridized carbons (Fsp3) is 0.462. The summed E-state index contributed by atoms with van der Waals surface area (Å²) in [7, 11) is 0. The predicted octanol–water partition coefficient (Wildman–Crippen LogP) is 2.73. The lowest BCUT2D eigenvalue weighted by molar-refractivity contribution is -0.119. The molecule has 0 aliphatic carbocycles. The predicted molar refractivity (Wildman–Crippen MR) is 73.8 cm³/mol. The van der Waals surface area contributed by atoms with E-state index in [1.165, 1.54) is 5.56 Å². The molecule has 1 aliphatic heterocycles. The zero-order valence-electron chi connectivity index (χ0n) is 9.16. The largest absolute Gasteiger partial charge is 0.356 e. The normalized spacial score (nSPS) is 21.8. The molecule has 0 aromatic heterocycles. The summed E-state index contributed by atoms with van der Waals surface area (Å²) in [6.45, 7) is 0.860. The molecule has 1 unspecified atom stereocenters. The molecule has 1 aliphatic rings. The molecule has 2 atom stereocenters. The van der Waals surface area contributed by atoms with E-state index in [0.29, 0.717) is 18.3 Å². The minimum Gasteiger partial charge on any atom is -0.356 e. The number of halogens is 1. The first-order valence-corrected chi connectivity index (χ1v) is 7.19. The molecule has 86 valence electrons. The van der Waals surface area contributed by atoms with Gasteiger partial charge in [0.15, 0.2) is 0 Å². The van der Waals surface area contributed by atoms with Crippen molar-refractivity contribution in [1.29, 1.82) is 0 Å². The Morgan fingerprint density at radius 3 is 2.69 bits per heavy atom. The van der Waals surface area contributed by atoms with E-state index in [9.17, 15) is 4.79 Å². The lowest BCUT2D eigenvalue weighted by atomic mass is 9.90. The fourth-order valence-electron chi connectivity index (χ4n) is 2.25. The van der Waals surface area contributed by atoms with Gasteiger partial charge in [0, 0.05) is 17.4 Å². The molecule has 0 bridgehead atoms. The summed E-state index contributed by atoms with van der Waals surface area (Å²) in [6, 6.07) is 10.6. The molecule has 2 nitrogen and oxygen atoms in total. The van der Waals surface area contributed by atoms with E-state index < -0.39 is 0 Å². The van der Waals surface area contributed by atoms with Gasteiger partial charge in [-0.3, -0.25) is 4.79 Å². The van der Waals surface area contributed by atoms with E-state index in [1.807, 2.05) is 0 Å². The molecule has 2 rings (SSSR count). The van der Waals surface area contributed by atoms with E-state index in [1.54, 1.807) is 0 Å². The molecular formula is C13H16INO. The maximum atomic E-state index is 11.1. The topological polar surface area (TPSA) is 29.1 Å². The molecule has 3 heteroatoms. The van der Waals surface area contributed by atoms with Crippen molar-refractivity contribution in [2.75, 3.05) is 11.0 Å². The van der Waals surface area contributed by atoms with E-state index in [2.05, 4.69) is 58.2 Å². The highest BCUT2D eigenvalue weighted by atomic mass is 127. The Morgan fingerprint density at radius 1 is 1.38 bits per heavy atom. The van der Waals surface area contributed by atoms with Crippen molar-refractivity contribution in [3.8, 4) is 0 Å². The van der Waals surface area contributed by atoms with Gasteiger partial charge in [0.2, 0.25) is 5.91 Å². The molecule has 1 aromatic rings. The minimum atomic E-state index is 0.213. The fourth-order valence-corrected chi connectivity index (χ4v) is 3.12. The van der Waals surface area contributed by atoms with Gasteiger partial charge in [-0.2, -0.15) is 0 Å². The summed E-state index contributed by atoms with van der Waals surface area (Å²) in [5.74, 6) is 1.32. The van der Waals surface area contributed by atoms with Crippen LogP contribution in [0.1, 0.15) is 24.3 Å². The van der Waals surface area contributed by atoms with Crippen LogP contribution in [0.3, 0.4) is 0 Å². The van der Waals surface area contributed by atoms with Gasteiger partial charge < -0.3 is 5.32 Å². The SMILES string of the molecule is O=C1C[C@H](CC(CI)c2ccccc2)CN1. The zero-order chi connectivity index (χ0) is 11.4. The average molecular weight is 329 g/mol. The summed E-state index contributed by atoms with van der Waals surface area (Å²) in [5.41, 5.74) is 1.40. The van der Waals surface area contributed by atoms with Gasteiger partial charge in [0.1, 0.15) is 0 Å². The van der Waals surface area contributed by atoms with Crippen molar-refractivity contribution in [2.45, 2.75) is 18.8 Å². The molecule has 1 amide bonds. The van der Waals surface area contributed by atoms with Crippen LogP contribution in [0, 0.1) is 5.92 Å². The Kier molecular flexibility index (Phi) is 4.21. The smallest absolute Gasteiger partial charge is 0.220 e. The van der Waals surface area contributed by atoms with Crippen LogP contribution < -0.4 is 5.32 Å². The van der Waals surface area contributed by atoms with Crippen molar-refractivity contribution in [2.24, 2.45) is 5.92 Å². The number of alkyl halides is 1. The molecule has 1 N–H and O–H groups in total. The molecule has 0 spiro atoms. The first-order chi connectivity index (χ1) is 7.79. The van der Waals surface area contributed by atoms with Gasteiger partial charge >= 0.3 is 0 Å². The summed E-state index contributed by atoms with van der Waals surface area (Å²) in [5, 5.41) is 2.91. The molecule has 0 saturated carbocycles. The lowest BCUT2D eigenvalue weighted by Crippen LogP contribution is -2.15. The first-order valence-electron chi connectivity index (χ1n) is 5.67. The summed E-state index contributed by atoms with van der Waals surface area (Å²) in [4.78, 5) is 11.1. The first kappa shape index (κ1) is 11.9. The average Bonchev–Trinajstić information content (AvgIpc) is 2.73. The van der Waals surface area contributed by atoms with Crippen molar-refractivity contribution >= 4 is 28.5 Å². The van der Waals surface area contributed by atoms with Gasteiger partial charge in [0.25, 0.3) is 0 Å². The van der Waals surface area contributed by atoms with Gasteiger partial charge in [-0.05, 0) is 23.8 Å². The minimum absolute atomic E-state index is 0.213. The Balaban J connectivity index is 1.98. The number of carbonyl (C=O) groups excluding carboxylic acids is 1. The number of nitrogens with one attached hydrogen (secondary N) is 1. The van der Waals surface area contributed by atoms with E-state index >= 15 is 0 Å². The van der Waals surface area contributed by atoms with E-state index in [0.717, 1.165) is 17.4 Å². The molecular weight excluding hydrogens is 313 g/mol. The Bertz CT molecular complexity index is 352. The number of rotatable bonds is 4. The number of hydrogen-bond acceptors (Lipinski definition) is 1. The summed E-state index contributed by atoms with van der Waals surface area (Å²) in [6.07, 6.45) is 1.83. The highest BCUT2D eigenvalue weighted by molar-refractivity contribution is 14.1. The molecule has 1 aromatic carbocycles. The maximum Gasteiger partial charge on any atom is 0.220 e. The number of carbonyl (C=O) groups is 1. The van der Waals surface area contributed by atoms with Crippen molar-refractivity contribution in [1.82, 2.24) is 5.32 Å². The third-order valence-corrected chi connectivity index (χ3v) is 4.20. The molecule has 16 heavy (non-hydrogen) atoms. The second kappa shape index (κ2) is 5.66. The quantitative estimate of drug-likeness (QED) is 0.668. The van der Waals surface area contributed by atoms with Crippen LogP contribution in [0.15, 0.2) is 30.3 Å². The monoisotopic (exact) mass is 329 g/mol. The Labute approximate surface area is 110 Å². The van der Waals surface area contributed by atoms with Crippen LogP contribution in [-0.4, -0.2) is 16.9 Å². The van der Waals surface area contributed by atoms with Crippen molar-refractivity contribution in [3.63, 3.8) is 0 Å². The van der Waals surface area contributed by atoms with Crippen LogP contribution in [0.2, 0.25) is 0 Å². The van der Waals surface area contributed by atoms with Crippen LogP contribution in [-0.2, 0) is 4.79 Å². The van der Waals surface area contributed by atoms with Gasteiger partial charge in [-0.25, -0.2) is 0 Å². The number of amides is 1. The maximum absolute atomic E-state index is 11.1. The third-order valence-electron chi connectivity index (χ3n) is 3.14. The Hall–Kier alpha value is -0.580. The van der Waals surface area contributed by atoms with Gasteiger partial charge in [0.05, 0.1) is 0 Å². The molecule has 1 saturated heterocycles. The van der Waals surface area contributed by atoms with E-state index in [-0.39, 0.29) is 5.91 Å². The highest BCUT2D eigenvalue weighted by Crippen LogP contribution is 2.28. The van der Waals surface area contributed by atoms with Gasteiger partial charge in [-0.15, -0.1) is 0 Å². The van der Waals surface area contributed by atoms with Crippen molar-refractivity contribution < 1.29 is 4.79 Å². The van der Waals surface area contributed by atoms with Crippen LogP contribution in [0.4, 0.5) is 0 Å². The number of hydrogen-bond donors (Lipinski definition) is 1. The van der Waals surface area contributed by atoms with Crippen LogP contribution in [0.25, 0.3) is 0 Å².